The number of benzene rings is 7. The van der Waals surface area contributed by atoms with Crippen LogP contribution < -0.4 is 4.90 Å². The third-order valence-electron chi connectivity index (χ3n) is 9.37. The molecule has 0 saturated heterocycles. The van der Waals surface area contributed by atoms with Crippen molar-refractivity contribution in [2.24, 2.45) is 0 Å². The molecule has 2 heteroatoms. The Morgan fingerprint density at radius 1 is 0.333 bits per heavy atom. The fraction of sp³-hybridized carbons (Fsp3) is 0. The van der Waals surface area contributed by atoms with Gasteiger partial charge in [-0.25, -0.2) is 0 Å². The summed E-state index contributed by atoms with van der Waals surface area (Å²) in [6.45, 7) is 0. The summed E-state index contributed by atoms with van der Waals surface area (Å²) in [7, 11) is 0. The highest BCUT2D eigenvalue weighted by molar-refractivity contribution is 6.16. The molecule has 0 aliphatic heterocycles. The zero-order chi connectivity index (χ0) is 31.9. The van der Waals surface area contributed by atoms with E-state index >= 15 is 0 Å². The largest absolute Gasteiger partial charge is 0.315 e. The lowest BCUT2D eigenvalue weighted by atomic mass is 9.93. The molecule has 0 aliphatic rings. The molecule has 0 unspecified atom stereocenters. The van der Waals surface area contributed by atoms with Gasteiger partial charge in [0.05, 0.1) is 11.0 Å². The van der Waals surface area contributed by atoms with Crippen LogP contribution in [0.25, 0.3) is 60.6 Å². The van der Waals surface area contributed by atoms with Crippen LogP contribution in [-0.2, 0) is 0 Å². The molecular formula is C46H32N2. The van der Waals surface area contributed by atoms with E-state index in [9.17, 15) is 0 Å². The highest BCUT2D eigenvalue weighted by Crippen LogP contribution is 2.44. The fourth-order valence-electron chi connectivity index (χ4n) is 7.17. The molecule has 7 aromatic carbocycles. The zero-order valence-electron chi connectivity index (χ0n) is 26.4. The van der Waals surface area contributed by atoms with Crippen molar-refractivity contribution in [3.8, 4) is 33.4 Å². The molecule has 9 aromatic rings. The minimum Gasteiger partial charge on any atom is -0.315 e. The van der Waals surface area contributed by atoms with Gasteiger partial charge >= 0.3 is 0 Å². The maximum Gasteiger partial charge on any atom is 0.0625 e. The van der Waals surface area contributed by atoms with E-state index in [2.05, 4.69) is 204 Å². The summed E-state index contributed by atoms with van der Waals surface area (Å²) >= 11 is 0. The fourth-order valence-corrected chi connectivity index (χ4v) is 7.17. The molecule has 2 nitrogen and oxygen atoms in total. The monoisotopic (exact) mass is 612 g/mol. The molecule has 0 saturated carbocycles. The van der Waals surface area contributed by atoms with Gasteiger partial charge in [0.2, 0.25) is 0 Å². The molecule has 0 radical (unpaired) electrons. The van der Waals surface area contributed by atoms with Crippen molar-refractivity contribution in [2.75, 3.05) is 4.90 Å². The van der Waals surface area contributed by atoms with E-state index in [1.807, 2.05) is 0 Å². The predicted octanol–water partition coefficient (Wildman–Crippen LogP) is 12.7. The van der Waals surface area contributed by atoms with Gasteiger partial charge in [-0.15, -0.1) is 0 Å². The lowest BCUT2D eigenvalue weighted by molar-refractivity contribution is 1.28. The van der Waals surface area contributed by atoms with Crippen molar-refractivity contribution >= 4 is 44.3 Å². The SMILES string of the molecule is c1ccc(-c2c3ccccc3n3cc4ccccc4c(-c4ccc(-c5ccc(N(c6ccccc6)c6ccccc6)cc5)cc4)c23)cc1. The van der Waals surface area contributed by atoms with Gasteiger partial charge in [-0.3, -0.25) is 0 Å². The Balaban J connectivity index is 1.17. The zero-order valence-corrected chi connectivity index (χ0v) is 26.4. The smallest absolute Gasteiger partial charge is 0.0625 e. The first-order valence-electron chi connectivity index (χ1n) is 16.4. The van der Waals surface area contributed by atoms with Crippen LogP contribution in [0.1, 0.15) is 0 Å². The Labute approximate surface area is 280 Å². The minimum atomic E-state index is 1.12. The number of hydrogen-bond acceptors (Lipinski definition) is 1. The van der Waals surface area contributed by atoms with Crippen LogP contribution in [0.2, 0.25) is 0 Å². The third kappa shape index (κ3) is 4.74. The van der Waals surface area contributed by atoms with Gasteiger partial charge in [-0.2, -0.15) is 0 Å². The van der Waals surface area contributed by atoms with E-state index in [4.69, 9.17) is 0 Å². The minimum absolute atomic E-state index is 1.12. The van der Waals surface area contributed by atoms with Crippen LogP contribution >= 0.6 is 0 Å². The lowest BCUT2D eigenvalue weighted by Crippen LogP contribution is -2.09. The standard InChI is InChI=1S/C46H32N2/c1-4-14-35(15-5-1)45-42-22-12-13-23-43(42)47-32-37-16-10-11-21-41(37)44(46(45)47)36-26-24-33(25-27-36)34-28-30-40(31-29-34)48(38-17-6-2-7-18-38)39-19-8-3-9-20-39/h1-32H. The van der Waals surface area contributed by atoms with Crippen LogP contribution in [-0.4, -0.2) is 4.40 Å². The van der Waals surface area contributed by atoms with Gasteiger partial charge in [-0.05, 0) is 75.5 Å². The Kier molecular flexibility index (Phi) is 6.84. The lowest BCUT2D eigenvalue weighted by Gasteiger charge is -2.25. The molecule has 0 amide bonds. The van der Waals surface area contributed by atoms with Crippen molar-refractivity contribution in [3.63, 3.8) is 0 Å². The molecule has 0 spiro atoms. The van der Waals surface area contributed by atoms with Gasteiger partial charge in [0.1, 0.15) is 0 Å². The van der Waals surface area contributed by atoms with E-state index < -0.39 is 0 Å². The van der Waals surface area contributed by atoms with Crippen LogP contribution in [0.15, 0.2) is 194 Å². The first kappa shape index (κ1) is 27.9. The summed E-state index contributed by atoms with van der Waals surface area (Å²) in [5, 5.41) is 3.74. The van der Waals surface area contributed by atoms with Gasteiger partial charge in [0.15, 0.2) is 0 Å². The second-order valence-corrected chi connectivity index (χ2v) is 12.2. The first-order valence-corrected chi connectivity index (χ1v) is 16.4. The van der Waals surface area contributed by atoms with E-state index in [0.717, 1.165) is 17.1 Å². The molecule has 2 heterocycles. The van der Waals surface area contributed by atoms with Crippen LogP contribution in [0, 0.1) is 0 Å². The van der Waals surface area contributed by atoms with Gasteiger partial charge < -0.3 is 9.30 Å². The van der Waals surface area contributed by atoms with E-state index in [0.29, 0.717) is 0 Å². The maximum atomic E-state index is 2.40. The molecule has 0 N–H and O–H groups in total. The summed E-state index contributed by atoms with van der Waals surface area (Å²) in [5.74, 6) is 0. The van der Waals surface area contributed by atoms with E-state index in [-0.39, 0.29) is 0 Å². The number of anilines is 3. The highest BCUT2D eigenvalue weighted by atomic mass is 15.1. The third-order valence-corrected chi connectivity index (χ3v) is 9.37. The number of aromatic nitrogens is 1. The molecular weight excluding hydrogens is 581 g/mol. The predicted molar refractivity (Wildman–Crippen MR) is 203 cm³/mol. The summed E-state index contributed by atoms with van der Waals surface area (Å²) < 4.78 is 2.40. The molecule has 0 bridgehead atoms. The summed E-state index contributed by atoms with van der Waals surface area (Å²) in [6, 6.07) is 67.4. The topological polar surface area (TPSA) is 7.65 Å². The summed E-state index contributed by atoms with van der Waals surface area (Å²) in [4.78, 5) is 2.30. The number of hydrogen-bond donors (Lipinski definition) is 0. The Bertz CT molecular complexity index is 2470. The van der Waals surface area contributed by atoms with Crippen molar-refractivity contribution in [3.05, 3.63) is 194 Å². The Hall–Kier alpha value is -6.38. The number of para-hydroxylation sites is 3. The van der Waals surface area contributed by atoms with Crippen LogP contribution in [0.4, 0.5) is 17.1 Å². The average Bonchev–Trinajstić information content (AvgIpc) is 3.49. The number of fused-ring (bicyclic) bond motifs is 4. The molecule has 226 valence electrons. The van der Waals surface area contributed by atoms with Gasteiger partial charge in [0.25, 0.3) is 0 Å². The molecule has 48 heavy (non-hydrogen) atoms. The highest BCUT2D eigenvalue weighted by Gasteiger charge is 2.20. The summed E-state index contributed by atoms with van der Waals surface area (Å²) in [5.41, 5.74) is 13.2. The van der Waals surface area contributed by atoms with E-state index in [1.165, 1.54) is 60.6 Å². The number of rotatable bonds is 6. The molecule has 0 fully saturated rings. The van der Waals surface area contributed by atoms with Crippen molar-refractivity contribution in [2.45, 2.75) is 0 Å². The molecule has 2 aromatic heterocycles. The van der Waals surface area contributed by atoms with E-state index in [1.54, 1.807) is 0 Å². The molecule has 0 atom stereocenters. The van der Waals surface area contributed by atoms with Crippen molar-refractivity contribution in [1.29, 1.82) is 0 Å². The average molecular weight is 613 g/mol. The second kappa shape index (κ2) is 11.8. The Morgan fingerprint density at radius 3 is 1.42 bits per heavy atom. The second-order valence-electron chi connectivity index (χ2n) is 12.2. The molecule has 9 rings (SSSR count). The van der Waals surface area contributed by atoms with Crippen LogP contribution in [0.5, 0.6) is 0 Å². The first-order chi connectivity index (χ1) is 23.8. The maximum absolute atomic E-state index is 2.40. The Morgan fingerprint density at radius 2 is 0.771 bits per heavy atom. The van der Waals surface area contributed by atoms with Crippen LogP contribution in [0.3, 0.4) is 0 Å². The number of nitrogens with zero attached hydrogens (tertiary/aromatic N) is 2. The molecule has 0 aliphatic carbocycles. The quantitative estimate of drug-likeness (QED) is 0.181. The summed E-state index contributed by atoms with van der Waals surface area (Å²) in [6.07, 6.45) is 2.30. The van der Waals surface area contributed by atoms with Crippen molar-refractivity contribution in [1.82, 2.24) is 4.40 Å². The number of pyridine rings is 1. The van der Waals surface area contributed by atoms with Crippen molar-refractivity contribution < 1.29 is 0 Å². The van der Waals surface area contributed by atoms with Gasteiger partial charge in [0, 0.05) is 39.8 Å². The normalized spacial score (nSPS) is 11.3. The van der Waals surface area contributed by atoms with Gasteiger partial charge in [-0.1, -0.05) is 146 Å².